The molecule has 0 saturated heterocycles. The van der Waals surface area contributed by atoms with E-state index in [1.165, 1.54) is 10.5 Å². The lowest BCUT2D eigenvalue weighted by Gasteiger charge is -2.30. The summed E-state index contributed by atoms with van der Waals surface area (Å²) in [6, 6.07) is 16.6. The summed E-state index contributed by atoms with van der Waals surface area (Å²) in [6.45, 7) is 9.96. The van der Waals surface area contributed by atoms with Crippen molar-refractivity contribution in [1.29, 1.82) is 0 Å². The van der Waals surface area contributed by atoms with E-state index >= 15 is 0 Å². The third kappa shape index (κ3) is 6.34. The highest BCUT2D eigenvalue weighted by atomic mass is 16.5. The van der Waals surface area contributed by atoms with Crippen molar-refractivity contribution in [3.05, 3.63) is 65.7 Å². The van der Waals surface area contributed by atoms with Crippen molar-refractivity contribution < 1.29 is 19.1 Å². The highest BCUT2D eigenvalue weighted by Gasteiger charge is 2.31. The molecule has 2 aromatic rings. The SMILES string of the molecule is CCOC(=O)C(C)N(Cc1ccccc1)C(=O)C(C)Oc1ccc(C(C)C)cc1. The van der Waals surface area contributed by atoms with Crippen LogP contribution < -0.4 is 4.74 Å². The Morgan fingerprint density at radius 1 is 0.931 bits per heavy atom. The molecule has 0 radical (unpaired) electrons. The van der Waals surface area contributed by atoms with E-state index in [-0.39, 0.29) is 12.5 Å². The molecular weight excluding hydrogens is 366 g/mol. The van der Waals surface area contributed by atoms with Gasteiger partial charge in [0.05, 0.1) is 6.61 Å². The van der Waals surface area contributed by atoms with Gasteiger partial charge in [0.1, 0.15) is 11.8 Å². The molecule has 0 saturated carbocycles. The Labute approximate surface area is 173 Å². The number of hydrogen-bond donors (Lipinski definition) is 0. The van der Waals surface area contributed by atoms with Crippen LogP contribution in [0.25, 0.3) is 0 Å². The molecule has 2 aromatic carbocycles. The van der Waals surface area contributed by atoms with Crippen LogP contribution in [-0.4, -0.2) is 35.5 Å². The average molecular weight is 398 g/mol. The van der Waals surface area contributed by atoms with E-state index in [2.05, 4.69) is 13.8 Å². The second-order valence-corrected chi connectivity index (χ2v) is 7.36. The molecule has 0 aliphatic heterocycles. The number of carbonyl (C=O) groups excluding carboxylic acids is 2. The number of rotatable bonds is 9. The number of esters is 1. The minimum Gasteiger partial charge on any atom is -0.481 e. The Morgan fingerprint density at radius 2 is 1.55 bits per heavy atom. The van der Waals surface area contributed by atoms with Crippen molar-refractivity contribution in [3.63, 3.8) is 0 Å². The number of carbonyl (C=O) groups is 2. The molecular formula is C24H31NO4. The lowest BCUT2D eigenvalue weighted by molar-refractivity contribution is -0.156. The second-order valence-electron chi connectivity index (χ2n) is 7.36. The third-order valence-electron chi connectivity index (χ3n) is 4.78. The lowest BCUT2D eigenvalue weighted by Crippen LogP contribution is -2.48. The molecule has 29 heavy (non-hydrogen) atoms. The van der Waals surface area contributed by atoms with Crippen molar-refractivity contribution in [2.24, 2.45) is 0 Å². The Hall–Kier alpha value is -2.82. The fraction of sp³-hybridized carbons (Fsp3) is 0.417. The molecule has 0 heterocycles. The second kappa shape index (κ2) is 10.6. The predicted molar refractivity (Wildman–Crippen MR) is 114 cm³/mol. The van der Waals surface area contributed by atoms with Crippen molar-refractivity contribution in [1.82, 2.24) is 4.90 Å². The number of amides is 1. The van der Waals surface area contributed by atoms with Gasteiger partial charge in [-0.2, -0.15) is 0 Å². The maximum Gasteiger partial charge on any atom is 0.328 e. The van der Waals surface area contributed by atoms with Gasteiger partial charge in [0.15, 0.2) is 6.10 Å². The van der Waals surface area contributed by atoms with Gasteiger partial charge in [0.2, 0.25) is 0 Å². The number of nitrogens with zero attached hydrogens (tertiary/aromatic N) is 1. The van der Waals surface area contributed by atoms with Crippen LogP contribution >= 0.6 is 0 Å². The summed E-state index contributed by atoms with van der Waals surface area (Å²) in [5.41, 5.74) is 2.14. The van der Waals surface area contributed by atoms with Crippen LogP contribution in [0.4, 0.5) is 0 Å². The smallest absolute Gasteiger partial charge is 0.328 e. The van der Waals surface area contributed by atoms with Gasteiger partial charge in [-0.15, -0.1) is 0 Å². The summed E-state index contributed by atoms with van der Waals surface area (Å²) in [4.78, 5) is 27.0. The van der Waals surface area contributed by atoms with Crippen LogP contribution in [-0.2, 0) is 20.9 Å². The zero-order valence-electron chi connectivity index (χ0n) is 17.9. The predicted octanol–water partition coefficient (Wildman–Crippen LogP) is 4.56. The zero-order valence-corrected chi connectivity index (χ0v) is 17.9. The summed E-state index contributed by atoms with van der Waals surface area (Å²) in [6.07, 6.45) is -0.736. The van der Waals surface area contributed by atoms with Gasteiger partial charge in [-0.25, -0.2) is 4.79 Å². The molecule has 0 N–H and O–H groups in total. The van der Waals surface area contributed by atoms with E-state index in [1.54, 1.807) is 20.8 Å². The van der Waals surface area contributed by atoms with Crippen LogP contribution in [0.15, 0.2) is 54.6 Å². The van der Waals surface area contributed by atoms with Crippen LogP contribution in [0.1, 0.15) is 51.7 Å². The Bertz CT molecular complexity index is 786. The normalized spacial score (nSPS) is 12.9. The summed E-state index contributed by atoms with van der Waals surface area (Å²) in [5.74, 6) is 0.362. The number of hydrogen-bond acceptors (Lipinski definition) is 4. The first-order valence-electron chi connectivity index (χ1n) is 10.1. The van der Waals surface area contributed by atoms with E-state index < -0.39 is 18.1 Å². The monoisotopic (exact) mass is 397 g/mol. The van der Waals surface area contributed by atoms with Gasteiger partial charge in [-0.1, -0.05) is 56.3 Å². The molecule has 5 heteroatoms. The molecule has 0 aliphatic carbocycles. The molecule has 2 rings (SSSR count). The van der Waals surface area contributed by atoms with Crippen molar-refractivity contribution >= 4 is 11.9 Å². The van der Waals surface area contributed by atoms with Crippen LogP contribution in [0.2, 0.25) is 0 Å². The van der Waals surface area contributed by atoms with E-state index in [9.17, 15) is 9.59 Å². The fourth-order valence-electron chi connectivity index (χ4n) is 3.00. The van der Waals surface area contributed by atoms with Crippen LogP contribution in [0.5, 0.6) is 5.75 Å². The Balaban J connectivity index is 2.16. The third-order valence-corrected chi connectivity index (χ3v) is 4.78. The number of ether oxygens (including phenoxy) is 2. The quantitative estimate of drug-likeness (QED) is 0.582. The van der Waals surface area contributed by atoms with E-state index in [4.69, 9.17) is 9.47 Å². The largest absolute Gasteiger partial charge is 0.481 e. The van der Waals surface area contributed by atoms with E-state index in [0.717, 1.165) is 5.56 Å². The molecule has 5 nitrogen and oxygen atoms in total. The standard InChI is InChI=1S/C24H31NO4/c1-6-28-24(27)18(4)25(16-20-10-8-7-9-11-20)23(26)19(5)29-22-14-12-21(13-15-22)17(2)3/h7-15,17-19H,6,16H2,1-5H3. The van der Waals surface area contributed by atoms with E-state index in [1.807, 2.05) is 54.6 Å². The minimum atomic E-state index is -0.736. The van der Waals surface area contributed by atoms with Gasteiger partial charge in [-0.3, -0.25) is 4.79 Å². The molecule has 0 bridgehead atoms. The molecule has 0 spiro atoms. The molecule has 156 valence electrons. The maximum absolute atomic E-state index is 13.2. The maximum atomic E-state index is 13.2. The lowest BCUT2D eigenvalue weighted by atomic mass is 10.0. The summed E-state index contributed by atoms with van der Waals surface area (Å²) in [5, 5.41) is 0. The first kappa shape index (κ1) is 22.5. The first-order valence-corrected chi connectivity index (χ1v) is 10.1. The molecule has 2 unspecified atom stereocenters. The molecule has 1 amide bonds. The highest BCUT2D eigenvalue weighted by molar-refractivity contribution is 5.86. The molecule has 0 fully saturated rings. The number of benzene rings is 2. The van der Waals surface area contributed by atoms with E-state index in [0.29, 0.717) is 18.2 Å². The molecule has 0 aliphatic rings. The highest BCUT2D eigenvalue weighted by Crippen LogP contribution is 2.20. The molecule has 2 atom stereocenters. The topological polar surface area (TPSA) is 55.8 Å². The summed E-state index contributed by atoms with van der Waals surface area (Å²) in [7, 11) is 0. The summed E-state index contributed by atoms with van der Waals surface area (Å²) < 4.78 is 11.0. The van der Waals surface area contributed by atoms with Crippen LogP contribution in [0.3, 0.4) is 0 Å². The van der Waals surface area contributed by atoms with Crippen molar-refractivity contribution in [2.45, 2.75) is 59.2 Å². The average Bonchev–Trinajstić information content (AvgIpc) is 2.72. The van der Waals surface area contributed by atoms with Gasteiger partial charge in [-0.05, 0) is 49.9 Å². The van der Waals surface area contributed by atoms with Gasteiger partial charge < -0.3 is 14.4 Å². The van der Waals surface area contributed by atoms with Gasteiger partial charge in [0.25, 0.3) is 5.91 Å². The minimum absolute atomic E-state index is 0.262. The summed E-state index contributed by atoms with van der Waals surface area (Å²) >= 11 is 0. The molecule has 0 aromatic heterocycles. The van der Waals surface area contributed by atoms with Crippen molar-refractivity contribution in [3.8, 4) is 5.75 Å². The van der Waals surface area contributed by atoms with Crippen LogP contribution in [0, 0.1) is 0 Å². The van der Waals surface area contributed by atoms with Gasteiger partial charge >= 0.3 is 5.97 Å². The van der Waals surface area contributed by atoms with Gasteiger partial charge in [0, 0.05) is 6.54 Å². The Kier molecular flexibility index (Phi) is 8.25. The fourth-order valence-corrected chi connectivity index (χ4v) is 3.00. The van der Waals surface area contributed by atoms with Crippen molar-refractivity contribution in [2.75, 3.05) is 6.61 Å². The first-order chi connectivity index (χ1) is 13.8. The Morgan fingerprint density at radius 3 is 2.10 bits per heavy atom. The zero-order chi connectivity index (χ0) is 21.4.